The van der Waals surface area contributed by atoms with E-state index >= 15 is 0 Å². The van der Waals surface area contributed by atoms with Gasteiger partial charge in [-0.2, -0.15) is 13.2 Å². The van der Waals surface area contributed by atoms with E-state index in [1.807, 2.05) is 12.1 Å². The monoisotopic (exact) mass is 288 g/mol. The lowest BCUT2D eigenvalue weighted by molar-refractivity contribution is -0.174. The molecule has 1 aliphatic rings. The first kappa shape index (κ1) is 15.3. The quantitative estimate of drug-likeness (QED) is 0.460. The minimum atomic E-state index is -4.27. The van der Waals surface area contributed by atoms with Gasteiger partial charge in [-0.1, -0.05) is 24.3 Å². The zero-order chi connectivity index (χ0) is 14.6. The highest BCUT2D eigenvalue weighted by molar-refractivity contribution is 5.39. The molecule has 0 saturated heterocycles. The molecule has 20 heavy (non-hydrogen) atoms. The van der Waals surface area contributed by atoms with E-state index in [-0.39, 0.29) is 12.6 Å². The summed E-state index contributed by atoms with van der Waals surface area (Å²) in [4.78, 5) is 0. The van der Waals surface area contributed by atoms with Crippen LogP contribution in [0.1, 0.15) is 29.9 Å². The maximum atomic E-state index is 11.9. The number of fused-ring (bicyclic) bond motifs is 1. The number of hydrazine groups is 1. The largest absolute Gasteiger partial charge is 0.411 e. The predicted octanol–water partition coefficient (Wildman–Crippen LogP) is 2.52. The number of hydrogen-bond donors (Lipinski definition) is 2. The fourth-order valence-corrected chi connectivity index (χ4v) is 2.60. The molecule has 3 nitrogen and oxygen atoms in total. The molecule has 0 radical (unpaired) electrons. The topological polar surface area (TPSA) is 47.3 Å². The van der Waals surface area contributed by atoms with Crippen molar-refractivity contribution in [1.82, 2.24) is 5.43 Å². The Morgan fingerprint density at radius 2 is 2.10 bits per heavy atom. The Balaban J connectivity index is 1.71. The molecule has 2 rings (SSSR count). The first-order valence-electron chi connectivity index (χ1n) is 6.68. The molecule has 1 aliphatic carbocycles. The van der Waals surface area contributed by atoms with E-state index < -0.39 is 12.8 Å². The minimum absolute atomic E-state index is 0.0263. The lowest BCUT2D eigenvalue weighted by atomic mass is 9.74. The second kappa shape index (κ2) is 6.56. The third-order valence-corrected chi connectivity index (χ3v) is 3.64. The molecule has 0 heterocycles. The number of halogens is 3. The van der Waals surface area contributed by atoms with Gasteiger partial charge in [-0.25, -0.2) is 0 Å². The van der Waals surface area contributed by atoms with Gasteiger partial charge in [-0.3, -0.25) is 11.3 Å². The van der Waals surface area contributed by atoms with Gasteiger partial charge < -0.3 is 4.74 Å². The zero-order valence-corrected chi connectivity index (χ0v) is 11.1. The molecule has 2 unspecified atom stereocenters. The molecule has 6 heteroatoms. The SMILES string of the molecule is NNC(CCOCC(F)(F)F)CC1Cc2ccccc21. The number of alkyl halides is 3. The minimum Gasteiger partial charge on any atom is -0.372 e. The number of ether oxygens (including phenoxy) is 1. The predicted molar refractivity (Wildman–Crippen MR) is 70.1 cm³/mol. The van der Waals surface area contributed by atoms with Crippen molar-refractivity contribution < 1.29 is 17.9 Å². The highest BCUT2D eigenvalue weighted by Crippen LogP contribution is 2.38. The maximum Gasteiger partial charge on any atom is 0.411 e. The van der Waals surface area contributed by atoms with E-state index in [1.165, 1.54) is 11.1 Å². The Labute approximate surface area is 116 Å². The molecule has 0 amide bonds. The summed E-state index contributed by atoms with van der Waals surface area (Å²) in [5, 5.41) is 0. The van der Waals surface area contributed by atoms with E-state index in [0.29, 0.717) is 12.3 Å². The van der Waals surface area contributed by atoms with Gasteiger partial charge in [0.25, 0.3) is 0 Å². The highest BCUT2D eigenvalue weighted by atomic mass is 19.4. The fourth-order valence-electron chi connectivity index (χ4n) is 2.60. The molecule has 0 bridgehead atoms. The summed E-state index contributed by atoms with van der Waals surface area (Å²) in [5.74, 6) is 5.90. The first-order valence-corrected chi connectivity index (χ1v) is 6.68. The van der Waals surface area contributed by atoms with Crippen molar-refractivity contribution in [1.29, 1.82) is 0 Å². The van der Waals surface area contributed by atoms with Crippen LogP contribution < -0.4 is 11.3 Å². The van der Waals surface area contributed by atoms with Gasteiger partial charge >= 0.3 is 6.18 Å². The molecule has 1 aromatic rings. The van der Waals surface area contributed by atoms with Crippen LogP contribution in [-0.2, 0) is 11.2 Å². The molecule has 0 aliphatic heterocycles. The van der Waals surface area contributed by atoms with Gasteiger partial charge in [-0.05, 0) is 36.3 Å². The van der Waals surface area contributed by atoms with Crippen LogP contribution in [0.3, 0.4) is 0 Å². The summed E-state index contributed by atoms with van der Waals surface area (Å²) in [6.07, 6.45) is -1.95. The average Bonchev–Trinajstić information content (AvgIpc) is 2.37. The summed E-state index contributed by atoms with van der Waals surface area (Å²) in [5.41, 5.74) is 5.34. The number of nitrogens with one attached hydrogen (secondary N) is 1. The summed E-state index contributed by atoms with van der Waals surface area (Å²) >= 11 is 0. The Bertz CT molecular complexity index is 437. The van der Waals surface area contributed by atoms with Gasteiger partial charge in [-0.15, -0.1) is 0 Å². The third-order valence-electron chi connectivity index (χ3n) is 3.64. The Morgan fingerprint density at radius 3 is 2.75 bits per heavy atom. The van der Waals surface area contributed by atoms with Gasteiger partial charge in [0.1, 0.15) is 6.61 Å². The van der Waals surface area contributed by atoms with Crippen molar-refractivity contribution in [3.63, 3.8) is 0 Å². The van der Waals surface area contributed by atoms with Crippen LogP contribution in [0.2, 0.25) is 0 Å². The molecule has 0 spiro atoms. The van der Waals surface area contributed by atoms with Crippen LogP contribution in [0.4, 0.5) is 13.2 Å². The highest BCUT2D eigenvalue weighted by Gasteiger charge is 2.29. The molecule has 3 N–H and O–H groups in total. The number of hydrogen-bond acceptors (Lipinski definition) is 3. The normalized spacial score (nSPS) is 19.3. The lowest BCUT2D eigenvalue weighted by Crippen LogP contribution is -2.39. The van der Waals surface area contributed by atoms with Gasteiger partial charge in [0, 0.05) is 12.6 Å². The van der Waals surface area contributed by atoms with Crippen molar-refractivity contribution >= 4 is 0 Å². The van der Waals surface area contributed by atoms with Crippen LogP contribution in [-0.4, -0.2) is 25.4 Å². The van der Waals surface area contributed by atoms with Gasteiger partial charge in [0.05, 0.1) is 0 Å². The number of benzene rings is 1. The Morgan fingerprint density at radius 1 is 1.35 bits per heavy atom. The van der Waals surface area contributed by atoms with Crippen LogP contribution in [0, 0.1) is 0 Å². The summed E-state index contributed by atoms with van der Waals surface area (Å²) in [7, 11) is 0. The van der Waals surface area contributed by atoms with Crippen molar-refractivity contribution in [2.24, 2.45) is 5.84 Å². The van der Waals surface area contributed by atoms with Crippen molar-refractivity contribution in [3.8, 4) is 0 Å². The molecule has 0 saturated carbocycles. The second-order valence-electron chi connectivity index (χ2n) is 5.16. The first-order chi connectivity index (χ1) is 9.49. The van der Waals surface area contributed by atoms with Crippen LogP contribution in [0.5, 0.6) is 0 Å². The average molecular weight is 288 g/mol. The fraction of sp³-hybridized carbons (Fsp3) is 0.571. The maximum absolute atomic E-state index is 11.9. The summed E-state index contributed by atoms with van der Waals surface area (Å²) in [6.45, 7) is -1.14. The van der Waals surface area contributed by atoms with Crippen molar-refractivity contribution in [2.75, 3.05) is 13.2 Å². The van der Waals surface area contributed by atoms with E-state index in [4.69, 9.17) is 5.84 Å². The Hall–Kier alpha value is -1.11. The van der Waals surface area contributed by atoms with Crippen LogP contribution in [0.15, 0.2) is 24.3 Å². The zero-order valence-electron chi connectivity index (χ0n) is 11.1. The molecule has 112 valence electrons. The summed E-state index contributed by atoms with van der Waals surface area (Å²) in [6, 6.07) is 8.18. The third kappa shape index (κ3) is 4.19. The smallest absolute Gasteiger partial charge is 0.372 e. The molecule has 0 fully saturated rings. The summed E-state index contributed by atoms with van der Waals surface area (Å²) < 4.78 is 40.4. The van der Waals surface area contributed by atoms with E-state index in [2.05, 4.69) is 22.3 Å². The van der Waals surface area contributed by atoms with E-state index in [0.717, 1.165) is 12.8 Å². The Kier molecular flexibility index (Phi) is 5.01. The molecule has 0 aromatic heterocycles. The van der Waals surface area contributed by atoms with Gasteiger partial charge in [0.2, 0.25) is 0 Å². The van der Waals surface area contributed by atoms with Crippen molar-refractivity contribution in [2.45, 2.75) is 37.4 Å². The molecular weight excluding hydrogens is 269 g/mol. The standard InChI is InChI=1S/C14H19F3N2O/c15-14(16,17)9-20-6-5-12(19-18)8-11-7-10-3-1-2-4-13(10)11/h1-4,11-12,19H,5-9,18H2. The van der Waals surface area contributed by atoms with Crippen LogP contribution >= 0.6 is 0 Å². The van der Waals surface area contributed by atoms with Crippen LogP contribution in [0.25, 0.3) is 0 Å². The van der Waals surface area contributed by atoms with Crippen molar-refractivity contribution in [3.05, 3.63) is 35.4 Å². The molecule has 2 atom stereocenters. The number of nitrogens with two attached hydrogens (primary N) is 1. The van der Waals surface area contributed by atoms with E-state index in [1.54, 1.807) is 0 Å². The molecular formula is C14H19F3N2O. The van der Waals surface area contributed by atoms with E-state index in [9.17, 15) is 13.2 Å². The second-order valence-corrected chi connectivity index (χ2v) is 5.16. The molecule has 1 aromatic carbocycles. The number of rotatable bonds is 7. The van der Waals surface area contributed by atoms with Gasteiger partial charge in [0.15, 0.2) is 0 Å². The lowest BCUT2D eigenvalue weighted by Gasteiger charge is -2.32.